The van der Waals surface area contributed by atoms with E-state index in [2.05, 4.69) is 10.3 Å². The van der Waals surface area contributed by atoms with Crippen molar-refractivity contribution in [2.45, 2.75) is 26.3 Å². The van der Waals surface area contributed by atoms with Crippen molar-refractivity contribution in [3.05, 3.63) is 29.6 Å². The Morgan fingerprint density at radius 1 is 1.47 bits per heavy atom. The molecule has 0 aliphatic heterocycles. The largest absolute Gasteiger partial charge is 0.481 e. The number of hydrogen-bond donors (Lipinski definition) is 2. The summed E-state index contributed by atoms with van der Waals surface area (Å²) in [4.78, 5) is 27.8. The molecule has 0 atom stereocenters. The standard InChI is InChI=1S/C13H19N3O3/c1-10-5-3-7-14-11(10)9-15-13(19)16(2)8-4-6-12(17)18/h3,5,7H,4,6,8-9H2,1-2H3,(H,15,19)(H,17,18). The zero-order chi connectivity index (χ0) is 14.3. The third-order valence-electron chi connectivity index (χ3n) is 2.76. The lowest BCUT2D eigenvalue weighted by Gasteiger charge is -2.17. The average molecular weight is 265 g/mol. The lowest BCUT2D eigenvalue weighted by molar-refractivity contribution is -0.137. The number of hydrogen-bond acceptors (Lipinski definition) is 3. The highest BCUT2D eigenvalue weighted by atomic mass is 16.4. The van der Waals surface area contributed by atoms with Gasteiger partial charge in [0.15, 0.2) is 0 Å². The minimum Gasteiger partial charge on any atom is -0.481 e. The van der Waals surface area contributed by atoms with Gasteiger partial charge in [0, 0.05) is 26.2 Å². The van der Waals surface area contributed by atoms with Crippen LogP contribution in [0.1, 0.15) is 24.1 Å². The van der Waals surface area contributed by atoms with Gasteiger partial charge in [-0.15, -0.1) is 0 Å². The molecule has 6 heteroatoms. The molecular formula is C13H19N3O3. The molecule has 19 heavy (non-hydrogen) atoms. The van der Waals surface area contributed by atoms with Gasteiger partial charge in [-0.05, 0) is 25.0 Å². The van der Waals surface area contributed by atoms with Crippen LogP contribution in [-0.4, -0.2) is 40.6 Å². The monoisotopic (exact) mass is 265 g/mol. The predicted molar refractivity (Wildman–Crippen MR) is 70.7 cm³/mol. The number of aromatic nitrogens is 1. The molecule has 0 spiro atoms. The second-order valence-electron chi connectivity index (χ2n) is 4.34. The van der Waals surface area contributed by atoms with Crippen molar-refractivity contribution in [3.8, 4) is 0 Å². The van der Waals surface area contributed by atoms with Crippen molar-refractivity contribution in [2.75, 3.05) is 13.6 Å². The maximum atomic E-state index is 11.7. The summed E-state index contributed by atoms with van der Waals surface area (Å²) in [5, 5.41) is 11.3. The van der Waals surface area contributed by atoms with Crippen molar-refractivity contribution in [2.24, 2.45) is 0 Å². The second-order valence-corrected chi connectivity index (χ2v) is 4.34. The minimum atomic E-state index is -0.849. The number of amides is 2. The van der Waals surface area contributed by atoms with Crippen LogP contribution in [0.4, 0.5) is 4.79 Å². The minimum absolute atomic E-state index is 0.0664. The molecule has 1 aromatic heterocycles. The van der Waals surface area contributed by atoms with Gasteiger partial charge in [0.1, 0.15) is 0 Å². The molecule has 1 rings (SSSR count). The van der Waals surface area contributed by atoms with Gasteiger partial charge >= 0.3 is 12.0 Å². The van der Waals surface area contributed by atoms with E-state index in [9.17, 15) is 9.59 Å². The van der Waals surface area contributed by atoms with Crippen LogP contribution in [0.3, 0.4) is 0 Å². The SMILES string of the molecule is Cc1cccnc1CNC(=O)N(C)CCCC(=O)O. The van der Waals surface area contributed by atoms with Gasteiger partial charge in [0.25, 0.3) is 0 Å². The van der Waals surface area contributed by atoms with E-state index in [0.717, 1.165) is 11.3 Å². The Labute approximate surface area is 112 Å². The molecular weight excluding hydrogens is 246 g/mol. The fourth-order valence-corrected chi connectivity index (χ4v) is 1.57. The molecule has 0 saturated heterocycles. The molecule has 6 nitrogen and oxygen atoms in total. The molecule has 2 N–H and O–H groups in total. The average Bonchev–Trinajstić information content (AvgIpc) is 2.36. The molecule has 2 amide bonds. The summed E-state index contributed by atoms with van der Waals surface area (Å²) >= 11 is 0. The van der Waals surface area contributed by atoms with Gasteiger partial charge in [-0.25, -0.2) is 4.79 Å². The Hall–Kier alpha value is -2.11. The van der Waals surface area contributed by atoms with E-state index in [-0.39, 0.29) is 12.5 Å². The molecule has 0 fully saturated rings. The lowest BCUT2D eigenvalue weighted by atomic mass is 10.2. The van der Waals surface area contributed by atoms with Gasteiger partial charge in [0.05, 0.1) is 12.2 Å². The lowest BCUT2D eigenvalue weighted by Crippen LogP contribution is -2.37. The van der Waals surface area contributed by atoms with Crippen molar-refractivity contribution in [1.29, 1.82) is 0 Å². The smallest absolute Gasteiger partial charge is 0.317 e. The Bertz CT molecular complexity index is 449. The molecule has 104 valence electrons. The van der Waals surface area contributed by atoms with Crippen LogP contribution in [0.25, 0.3) is 0 Å². The number of carbonyl (C=O) groups excluding carboxylic acids is 1. The fourth-order valence-electron chi connectivity index (χ4n) is 1.57. The van der Waals surface area contributed by atoms with Gasteiger partial charge in [-0.3, -0.25) is 9.78 Å². The van der Waals surface area contributed by atoms with E-state index in [1.165, 1.54) is 4.90 Å². The molecule has 0 aliphatic carbocycles. The number of nitrogens with one attached hydrogen (secondary N) is 1. The molecule has 0 unspecified atom stereocenters. The summed E-state index contributed by atoms with van der Waals surface area (Å²) < 4.78 is 0. The van der Waals surface area contributed by atoms with Crippen molar-refractivity contribution in [3.63, 3.8) is 0 Å². The number of carboxylic acid groups (broad SMARTS) is 1. The number of nitrogens with zero attached hydrogens (tertiary/aromatic N) is 2. The van der Waals surface area contributed by atoms with Crippen LogP contribution >= 0.6 is 0 Å². The molecule has 0 aliphatic rings. The van der Waals surface area contributed by atoms with Crippen LogP contribution in [0.5, 0.6) is 0 Å². The van der Waals surface area contributed by atoms with Crippen LogP contribution in [0.15, 0.2) is 18.3 Å². The third kappa shape index (κ3) is 5.37. The number of carboxylic acids is 1. The summed E-state index contributed by atoms with van der Waals surface area (Å²) in [5.74, 6) is -0.849. The first-order valence-corrected chi connectivity index (χ1v) is 6.12. The van der Waals surface area contributed by atoms with Crippen LogP contribution in [0, 0.1) is 6.92 Å². The van der Waals surface area contributed by atoms with E-state index in [1.54, 1.807) is 13.2 Å². The molecule has 0 radical (unpaired) electrons. The van der Waals surface area contributed by atoms with Crippen molar-refractivity contribution in [1.82, 2.24) is 15.2 Å². The molecule has 0 bridgehead atoms. The fraction of sp³-hybridized carbons (Fsp3) is 0.462. The zero-order valence-electron chi connectivity index (χ0n) is 11.2. The first-order valence-electron chi connectivity index (χ1n) is 6.12. The maximum absolute atomic E-state index is 11.7. The van der Waals surface area contributed by atoms with E-state index >= 15 is 0 Å². The first kappa shape index (κ1) is 14.9. The van der Waals surface area contributed by atoms with Crippen molar-refractivity contribution < 1.29 is 14.7 Å². The van der Waals surface area contributed by atoms with Gasteiger partial charge in [0.2, 0.25) is 0 Å². The number of aliphatic carboxylic acids is 1. The van der Waals surface area contributed by atoms with Gasteiger partial charge in [-0.1, -0.05) is 6.07 Å². The van der Waals surface area contributed by atoms with Gasteiger partial charge < -0.3 is 15.3 Å². The first-order chi connectivity index (χ1) is 9.00. The highest BCUT2D eigenvalue weighted by molar-refractivity contribution is 5.73. The summed E-state index contributed by atoms with van der Waals surface area (Å²) in [6, 6.07) is 3.56. The number of aryl methyl sites for hydroxylation is 1. The van der Waals surface area contributed by atoms with Crippen LogP contribution in [-0.2, 0) is 11.3 Å². The molecule has 0 aromatic carbocycles. The second kappa shape index (κ2) is 7.35. The number of pyridine rings is 1. The highest BCUT2D eigenvalue weighted by Crippen LogP contribution is 2.02. The highest BCUT2D eigenvalue weighted by Gasteiger charge is 2.09. The quantitative estimate of drug-likeness (QED) is 0.814. The van der Waals surface area contributed by atoms with E-state index in [4.69, 9.17) is 5.11 Å². The Morgan fingerprint density at radius 2 is 2.21 bits per heavy atom. The Morgan fingerprint density at radius 3 is 2.84 bits per heavy atom. The van der Waals surface area contributed by atoms with Crippen molar-refractivity contribution >= 4 is 12.0 Å². The number of urea groups is 1. The summed E-state index contributed by atoms with van der Waals surface area (Å²) in [6.45, 7) is 2.72. The Balaban J connectivity index is 2.34. The number of rotatable bonds is 6. The normalized spacial score (nSPS) is 10.0. The molecule has 1 aromatic rings. The summed E-state index contributed by atoms with van der Waals surface area (Å²) in [6.07, 6.45) is 2.20. The summed E-state index contributed by atoms with van der Waals surface area (Å²) in [7, 11) is 1.64. The zero-order valence-corrected chi connectivity index (χ0v) is 11.2. The third-order valence-corrected chi connectivity index (χ3v) is 2.76. The van der Waals surface area contributed by atoms with E-state index in [1.807, 2.05) is 19.1 Å². The van der Waals surface area contributed by atoms with Crippen LogP contribution in [0.2, 0.25) is 0 Å². The van der Waals surface area contributed by atoms with E-state index < -0.39 is 5.97 Å². The topological polar surface area (TPSA) is 82.5 Å². The molecule has 1 heterocycles. The summed E-state index contributed by atoms with van der Waals surface area (Å²) in [5.41, 5.74) is 1.85. The number of carbonyl (C=O) groups is 2. The van der Waals surface area contributed by atoms with Crippen LogP contribution < -0.4 is 5.32 Å². The molecule has 0 saturated carbocycles. The van der Waals surface area contributed by atoms with Gasteiger partial charge in [-0.2, -0.15) is 0 Å². The maximum Gasteiger partial charge on any atom is 0.317 e. The Kier molecular flexibility index (Phi) is 5.78. The predicted octanol–water partition coefficient (Wildman–Crippen LogP) is 1.40. The van der Waals surface area contributed by atoms with E-state index in [0.29, 0.717) is 19.5 Å².